The molecule has 0 radical (unpaired) electrons. The van der Waals surface area contributed by atoms with Crippen molar-refractivity contribution in [2.45, 2.75) is 24.3 Å². The lowest BCUT2D eigenvalue weighted by molar-refractivity contribution is -0.120. The summed E-state index contributed by atoms with van der Waals surface area (Å²) in [6.45, 7) is 0. The second kappa shape index (κ2) is 4.09. The summed E-state index contributed by atoms with van der Waals surface area (Å²) in [7, 11) is 0. The highest BCUT2D eigenvalue weighted by Crippen LogP contribution is 2.33. The van der Waals surface area contributed by atoms with Gasteiger partial charge in [-0.3, -0.25) is 4.79 Å². The monoisotopic (exact) mass is 249 g/mol. The van der Waals surface area contributed by atoms with E-state index in [0.717, 1.165) is 12.8 Å². The number of amides is 1. The fraction of sp³-hybridized carbons (Fsp3) is 0.444. The third kappa shape index (κ3) is 2.22. The highest BCUT2D eigenvalue weighted by atomic mass is 35.5. The maximum absolute atomic E-state index is 11.5. The highest BCUT2D eigenvalue weighted by molar-refractivity contribution is 7.14. The molecule has 1 heterocycles. The van der Waals surface area contributed by atoms with Gasteiger partial charge in [0, 0.05) is 11.6 Å². The molecule has 0 aromatic carbocycles. The van der Waals surface area contributed by atoms with E-state index in [-0.39, 0.29) is 5.91 Å². The molecular weight excluding hydrogens is 241 g/mol. The number of rotatable bonds is 3. The molecule has 2 nitrogen and oxygen atoms in total. The first-order valence-corrected chi connectivity index (χ1v) is 6.05. The average molecular weight is 250 g/mol. The maximum Gasteiger partial charge on any atom is 0.242 e. The van der Waals surface area contributed by atoms with Gasteiger partial charge >= 0.3 is 0 Å². The van der Waals surface area contributed by atoms with E-state index in [2.05, 4.69) is 5.32 Å². The van der Waals surface area contributed by atoms with Crippen LogP contribution >= 0.6 is 34.5 Å². The molecule has 14 heavy (non-hydrogen) atoms. The summed E-state index contributed by atoms with van der Waals surface area (Å²) >= 11 is 13.3. The van der Waals surface area contributed by atoms with Gasteiger partial charge in [0.05, 0.1) is 4.34 Å². The quantitative estimate of drug-likeness (QED) is 0.821. The second-order valence-electron chi connectivity index (χ2n) is 3.30. The Hall–Kier alpha value is -0.250. The molecule has 0 spiro atoms. The van der Waals surface area contributed by atoms with Gasteiger partial charge in [-0.2, -0.15) is 0 Å². The molecule has 1 amide bonds. The number of alkyl halides is 1. The zero-order chi connectivity index (χ0) is 10.1. The lowest BCUT2D eigenvalue weighted by Gasteiger charge is -2.08. The van der Waals surface area contributed by atoms with Gasteiger partial charge in [0.25, 0.3) is 0 Å². The SMILES string of the molecule is O=C(NC1CC1)C(Cl)c1ccsc1Cl. The molecule has 76 valence electrons. The van der Waals surface area contributed by atoms with Crippen molar-refractivity contribution in [3.8, 4) is 0 Å². The van der Waals surface area contributed by atoms with Crippen molar-refractivity contribution >= 4 is 40.4 Å². The molecule has 1 atom stereocenters. The van der Waals surface area contributed by atoms with Gasteiger partial charge in [0.2, 0.25) is 5.91 Å². The number of carbonyl (C=O) groups excluding carboxylic acids is 1. The molecule has 1 aromatic rings. The molecular formula is C9H9Cl2NOS. The summed E-state index contributed by atoms with van der Waals surface area (Å²) in [4.78, 5) is 11.5. The number of thiophene rings is 1. The van der Waals surface area contributed by atoms with E-state index in [0.29, 0.717) is 15.9 Å². The molecule has 0 saturated heterocycles. The Bertz CT molecular complexity index is 348. The Morgan fingerprint density at radius 3 is 2.86 bits per heavy atom. The van der Waals surface area contributed by atoms with Crippen LogP contribution in [0.5, 0.6) is 0 Å². The van der Waals surface area contributed by atoms with Crippen LogP contribution in [0.4, 0.5) is 0 Å². The Kier molecular flexibility index (Phi) is 3.00. The van der Waals surface area contributed by atoms with E-state index in [1.165, 1.54) is 11.3 Å². The van der Waals surface area contributed by atoms with Crippen molar-refractivity contribution in [1.82, 2.24) is 5.32 Å². The molecule has 1 unspecified atom stereocenters. The lowest BCUT2D eigenvalue weighted by atomic mass is 10.2. The van der Waals surface area contributed by atoms with Crippen LogP contribution in [-0.2, 0) is 4.79 Å². The van der Waals surface area contributed by atoms with Crippen LogP contribution in [0, 0.1) is 0 Å². The summed E-state index contributed by atoms with van der Waals surface area (Å²) in [5.74, 6) is -0.144. The smallest absolute Gasteiger partial charge is 0.242 e. The summed E-state index contributed by atoms with van der Waals surface area (Å²) in [6, 6.07) is 2.12. The summed E-state index contributed by atoms with van der Waals surface area (Å²) in [5.41, 5.74) is 0.705. The minimum absolute atomic E-state index is 0.144. The first-order valence-electron chi connectivity index (χ1n) is 4.36. The van der Waals surface area contributed by atoms with Crippen LogP contribution in [0.15, 0.2) is 11.4 Å². The normalized spacial score (nSPS) is 17.9. The first-order chi connectivity index (χ1) is 6.68. The van der Waals surface area contributed by atoms with Crippen molar-refractivity contribution in [2.24, 2.45) is 0 Å². The molecule has 1 fully saturated rings. The van der Waals surface area contributed by atoms with Crippen molar-refractivity contribution < 1.29 is 4.79 Å². The van der Waals surface area contributed by atoms with Crippen LogP contribution in [-0.4, -0.2) is 11.9 Å². The topological polar surface area (TPSA) is 29.1 Å². The Balaban J connectivity index is 2.03. The van der Waals surface area contributed by atoms with E-state index in [1.807, 2.05) is 5.38 Å². The van der Waals surface area contributed by atoms with Gasteiger partial charge in [-0.05, 0) is 24.3 Å². The zero-order valence-corrected chi connectivity index (χ0v) is 9.62. The number of halogens is 2. The predicted octanol–water partition coefficient (Wildman–Crippen LogP) is 2.96. The summed E-state index contributed by atoms with van der Waals surface area (Å²) < 4.78 is 0.593. The summed E-state index contributed by atoms with van der Waals surface area (Å²) in [5, 5.41) is 4.02. The minimum atomic E-state index is -0.658. The fourth-order valence-corrected chi connectivity index (χ4v) is 2.48. The number of nitrogens with one attached hydrogen (secondary N) is 1. The van der Waals surface area contributed by atoms with E-state index >= 15 is 0 Å². The molecule has 1 saturated carbocycles. The van der Waals surface area contributed by atoms with Crippen molar-refractivity contribution in [3.05, 3.63) is 21.3 Å². The van der Waals surface area contributed by atoms with Crippen LogP contribution in [0.2, 0.25) is 4.34 Å². The second-order valence-corrected chi connectivity index (χ2v) is 5.25. The van der Waals surface area contributed by atoms with Gasteiger partial charge in [-0.1, -0.05) is 11.6 Å². The zero-order valence-electron chi connectivity index (χ0n) is 7.30. The van der Waals surface area contributed by atoms with Crippen molar-refractivity contribution in [3.63, 3.8) is 0 Å². The maximum atomic E-state index is 11.5. The number of carbonyl (C=O) groups is 1. The molecule has 1 aliphatic carbocycles. The van der Waals surface area contributed by atoms with E-state index < -0.39 is 5.38 Å². The van der Waals surface area contributed by atoms with Crippen LogP contribution in [0.3, 0.4) is 0 Å². The minimum Gasteiger partial charge on any atom is -0.352 e. The standard InChI is InChI=1S/C9H9Cl2NOS/c10-7(6-3-4-14-8(6)11)9(13)12-5-1-2-5/h3-5,7H,1-2H2,(H,12,13). The van der Waals surface area contributed by atoms with Crippen LogP contribution < -0.4 is 5.32 Å². The summed E-state index contributed by atoms with van der Waals surface area (Å²) in [6.07, 6.45) is 2.12. The molecule has 1 N–H and O–H groups in total. The molecule has 0 aliphatic heterocycles. The molecule has 1 aromatic heterocycles. The third-order valence-electron chi connectivity index (χ3n) is 2.07. The Morgan fingerprint density at radius 1 is 1.64 bits per heavy atom. The predicted molar refractivity (Wildman–Crippen MR) is 59.1 cm³/mol. The van der Waals surface area contributed by atoms with E-state index in [4.69, 9.17) is 23.2 Å². The highest BCUT2D eigenvalue weighted by Gasteiger charge is 2.28. The van der Waals surface area contributed by atoms with Gasteiger partial charge in [-0.15, -0.1) is 22.9 Å². The Morgan fingerprint density at radius 2 is 2.36 bits per heavy atom. The van der Waals surface area contributed by atoms with Crippen molar-refractivity contribution in [1.29, 1.82) is 0 Å². The van der Waals surface area contributed by atoms with Gasteiger partial charge in [0.15, 0.2) is 0 Å². The van der Waals surface area contributed by atoms with E-state index in [1.54, 1.807) is 6.07 Å². The largest absolute Gasteiger partial charge is 0.352 e. The van der Waals surface area contributed by atoms with Gasteiger partial charge in [-0.25, -0.2) is 0 Å². The van der Waals surface area contributed by atoms with E-state index in [9.17, 15) is 4.79 Å². The van der Waals surface area contributed by atoms with Gasteiger partial charge < -0.3 is 5.32 Å². The fourth-order valence-electron chi connectivity index (χ4n) is 1.13. The first kappa shape index (κ1) is 10.3. The van der Waals surface area contributed by atoms with Crippen molar-refractivity contribution in [2.75, 3.05) is 0 Å². The molecule has 1 aliphatic rings. The molecule has 2 rings (SSSR count). The van der Waals surface area contributed by atoms with Gasteiger partial charge in [0.1, 0.15) is 5.38 Å². The number of hydrogen-bond donors (Lipinski definition) is 1. The average Bonchev–Trinajstić information content (AvgIpc) is 2.86. The lowest BCUT2D eigenvalue weighted by Crippen LogP contribution is -2.28. The van der Waals surface area contributed by atoms with Crippen LogP contribution in [0.1, 0.15) is 23.8 Å². The Labute approximate surface area is 96.2 Å². The van der Waals surface area contributed by atoms with Crippen LogP contribution in [0.25, 0.3) is 0 Å². The molecule has 5 heteroatoms. The number of hydrogen-bond acceptors (Lipinski definition) is 2. The molecule has 0 bridgehead atoms. The third-order valence-corrected chi connectivity index (χ3v) is 3.71.